The van der Waals surface area contributed by atoms with Gasteiger partial charge in [0.15, 0.2) is 11.5 Å². The summed E-state index contributed by atoms with van der Waals surface area (Å²) in [5, 5.41) is 29.4. The lowest BCUT2D eigenvalue weighted by atomic mass is 10.1. The van der Waals surface area contributed by atoms with Crippen LogP contribution >= 0.6 is 0 Å². The standard InChI is InChI=1S/C18H17F2N5O2/c19-18(20)12-3-1-11(2-4-12)7-17(27)22-14-9-25(10-15(14)26)16-6-5-13(8-21)23-24-16/h1-6,14-15,18,26H,7,9-10H2,(H,22,27)/t14?,15-/m1/s1. The molecule has 0 radical (unpaired) electrons. The van der Waals surface area contributed by atoms with Gasteiger partial charge in [-0.15, -0.1) is 10.2 Å². The molecule has 0 saturated carbocycles. The Morgan fingerprint density at radius 1 is 1.26 bits per heavy atom. The van der Waals surface area contributed by atoms with Crippen molar-refractivity contribution in [3.05, 3.63) is 53.2 Å². The number of aliphatic hydroxyl groups is 1. The molecule has 2 aromatic rings. The maximum atomic E-state index is 12.6. The number of nitriles is 1. The van der Waals surface area contributed by atoms with Gasteiger partial charge in [0.25, 0.3) is 6.43 Å². The highest BCUT2D eigenvalue weighted by Gasteiger charge is 2.33. The number of hydrogen-bond donors (Lipinski definition) is 2. The molecule has 0 aliphatic carbocycles. The molecule has 1 amide bonds. The van der Waals surface area contributed by atoms with Gasteiger partial charge in [-0.3, -0.25) is 4.79 Å². The van der Waals surface area contributed by atoms with Crippen LogP contribution < -0.4 is 10.2 Å². The van der Waals surface area contributed by atoms with E-state index in [1.54, 1.807) is 11.0 Å². The third-order valence-corrected chi connectivity index (χ3v) is 4.32. The van der Waals surface area contributed by atoms with E-state index in [-0.39, 0.29) is 30.1 Å². The summed E-state index contributed by atoms with van der Waals surface area (Å²) < 4.78 is 25.1. The maximum Gasteiger partial charge on any atom is 0.263 e. The lowest BCUT2D eigenvalue weighted by Crippen LogP contribution is -2.43. The molecule has 0 bridgehead atoms. The van der Waals surface area contributed by atoms with Crippen LogP contribution in [0.1, 0.15) is 23.2 Å². The largest absolute Gasteiger partial charge is 0.389 e. The lowest BCUT2D eigenvalue weighted by molar-refractivity contribution is -0.121. The Kier molecular flexibility index (Phi) is 5.57. The number of anilines is 1. The number of nitrogens with zero attached hydrogens (tertiary/aromatic N) is 4. The minimum Gasteiger partial charge on any atom is -0.389 e. The topological polar surface area (TPSA) is 102 Å². The van der Waals surface area contributed by atoms with Crippen molar-refractivity contribution in [2.24, 2.45) is 0 Å². The zero-order valence-electron chi connectivity index (χ0n) is 14.2. The molecule has 27 heavy (non-hydrogen) atoms. The van der Waals surface area contributed by atoms with Gasteiger partial charge in [0.05, 0.1) is 18.6 Å². The molecule has 2 atom stereocenters. The number of hydrogen-bond acceptors (Lipinski definition) is 6. The second kappa shape index (κ2) is 8.05. The fourth-order valence-corrected chi connectivity index (χ4v) is 2.89. The molecular weight excluding hydrogens is 356 g/mol. The molecule has 0 spiro atoms. The molecule has 140 valence electrons. The van der Waals surface area contributed by atoms with Gasteiger partial charge in [0, 0.05) is 18.7 Å². The Morgan fingerprint density at radius 3 is 2.59 bits per heavy atom. The number of halogens is 2. The minimum atomic E-state index is -2.54. The SMILES string of the molecule is N#Cc1ccc(N2CC(NC(=O)Cc3ccc(C(F)F)cc3)[C@H](O)C2)nn1. The number of benzene rings is 1. The molecule has 7 nitrogen and oxygen atoms in total. The average molecular weight is 373 g/mol. The quantitative estimate of drug-likeness (QED) is 0.816. The van der Waals surface area contributed by atoms with Crippen LogP contribution in [0.5, 0.6) is 0 Å². The zero-order valence-corrected chi connectivity index (χ0v) is 14.2. The summed E-state index contributed by atoms with van der Waals surface area (Å²) in [4.78, 5) is 14.0. The predicted molar refractivity (Wildman–Crippen MR) is 92.0 cm³/mol. The van der Waals surface area contributed by atoms with Crippen LogP contribution in [0.3, 0.4) is 0 Å². The number of β-amino-alcohol motifs (C(OH)–C–C–N with tert-alkyl or cyclic N) is 1. The van der Waals surface area contributed by atoms with Crippen LogP contribution in [0, 0.1) is 11.3 Å². The fraction of sp³-hybridized carbons (Fsp3) is 0.333. The predicted octanol–water partition coefficient (Wildman–Crippen LogP) is 1.19. The summed E-state index contributed by atoms with van der Waals surface area (Å²) in [7, 11) is 0. The van der Waals surface area contributed by atoms with Crippen LogP contribution in [0.4, 0.5) is 14.6 Å². The molecule has 1 aliphatic rings. The first-order valence-electron chi connectivity index (χ1n) is 8.29. The Bertz CT molecular complexity index is 836. The van der Waals surface area contributed by atoms with Crippen LogP contribution in [-0.2, 0) is 11.2 Å². The Hall–Kier alpha value is -3.12. The van der Waals surface area contributed by atoms with E-state index >= 15 is 0 Å². The van der Waals surface area contributed by atoms with Crippen molar-refractivity contribution >= 4 is 11.7 Å². The van der Waals surface area contributed by atoms with Crippen molar-refractivity contribution < 1.29 is 18.7 Å². The number of aromatic nitrogens is 2. The van der Waals surface area contributed by atoms with E-state index in [0.717, 1.165) is 0 Å². The molecule has 1 aromatic heterocycles. The summed E-state index contributed by atoms with van der Waals surface area (Å²) >= 11 is 0. The smallest absolute Gasteiger partial charge is 0.263 e. The van der Waals surface area contributed by atoms with E-state index < -0.39 is 18.6 Å². The molecule has 2 N–H and O–H groups in total. The summed E-state index contributed by atoms with van der Waals surface area (Å²) in [5.41, 5.74) is 0.713. The third-order valence-electron chi connectivity index (χ3n) is 4.32. The molecule has 1 unspecified atom stereocenters. The van der Waals surface area contributed by atoms with Gasteiger partial charge in [-0.1, -0.05) is 24.3 Å². The fourth-order valence-electron chi connectivity index (χ4n) is 2.89. The van der Waals surface area contributed by atoms with Gasteiger partial charge in [-0.25, -0.2) is 8.78 Å². The molecule has 9 heteroatoms. The summed E-state index contributed by atoms with van der Waals surface area (Å²) in [6, 6.07) is 10.1. The van der Waals surface area contributed by atoms with Crippen molar-refractivity contribution in [2.75, 3.05) is 18.0 Å². The van der Waals surface area contributed by atoms with Gasteiger partial charge < -0.3 is 15.3 Å². The van der Waals surface area contributed by atoms with Crippen molar-refractivity contribution in [2.45, 2.75) is 25.0 Å². The van der Waals surface area contributed by atoms with Crippen molar-refractivity contribution in [3.8, 4) is 6.07 Å². The summed E-state index contributed by atoms with van der Waals surface area (Å²) in [5.74, 6) is 0.198. The number of carbonyl (C=O) groups is 1. The van der Waals surface area contributed by atoms with Crippen molar-refractivity contribution in [3.63, 3.8) is 0 Å². The van der Waals surface area contributed by atoms with Crippen LogP contribution in [0.2, 0.25) is 0 Å². The van der Waals surface area contributed by atoms with Gasteiger partial charge in [0.2, 0.25) is 5.91 Å². The number of alkyl halides is 2. The van der Waals surface area contributed by atoms with E-state index in [0.29, 0.717) is 17.9 Å². The zero-order chi connectivity index (χ0) is 19.4. The highest BCUT2D eigenvalue weighted by atomic mass is 19.3. The minimum absolute atomic E-state index is 0.0312. The molecule has 3 rings (SSSR count). The first-order chi connectivity index (χ1) is 13.0. The summed E-state index contributed by atoms with van der Waals surface area (Å²) in [6.07, 6.45) is -3.30. The summed E-state index contributed by atoms with van der Waals surface area (Å²) in [6.45, 7) is 0.617. The third kappa shape index (κ3) is 4.54. The second-order valence-electron chi connectivity index (χ2n) is 6.25. The van der Waals surface area contributed by atoms with E-state index in [1.807, 2.05) is 6.07 Å². The van der Waals surface area contributed by atoms with Gasteiger partial charge >= 0.3 is 0 Å². The number of carbonyl (C=O) groups excluding carboxylic acids is 1. The van der Waals surface area contributed by atoms with Crippen LogP contribution in [0.25, 0.3) is 0 Å². The second-order valence-corrected chi connectivity index (χ2v) is 6.25. The first kappa shape index (κ1) is 18.7. The Balaban J connectivity index is 1.56. The first-order valence-corrected chi connectivity index (χ1v) is 8.29. The van der Waals surface area contributed by atoms with Gasteiger partial charge in [0.1, 0.15) is 6.07 Å². The Labute approximate surface area is 154 Å². The normalized spacial score (nSPS) is 19.1. The van der Waals surface area contributed by atoms with Crippen LogP contribution in [0.15, 0.2) is 36.4 Å². The van der Waals surface area contributed by atoms with Gasteiger partial charge in [-0.2, -0.15) is 5.26 Å². The molecule has 1 saturated heterocycles. The number of aliphatic hydroxyl groups excluding tert-OH is 1. The number of amides is 1. The highest BCUT2D eigenvalue weighted by molar-refractivity contribution is 5.79. The van der Waals surface area contributed by atoms with E-state index in [1.165, 1.54) is 30.3 Å². The monoisotopic (exact) mass is 373 g/mol. The van der Waals surface area contributed by atoms with E-state index in [4.69, 9.17) is 5.26 Å². The maximum absolute atomic E-state index is 12.6. The lowest BCUT2D eigenvalue weighted by Gasteiger charge is -2.17. The van der Waals surface area contributed by atoms with Gasteiger partial charge in [-0.05, 0) is 17.7 Å². The Morgan fingerprint density at radius 2 is 2.00 bits per heavy atom. The molecule has 2 heterocycles. The van der Waals surface area contributed by atoms with Crippen LogP contribution in [-0.4, -0.2) is 46.4 Å². The van der Waals surface area contributed by atoms with E-state index in [9.17, 15) is 18.7 Å². The van der Waals surface area contributed by atoms with Crippen molar-refractivity contribution in [1.29, 1.82) is 5.26 Å². The highest BCUT2D eigenvalue weighted by Crippen LogP contribution is 2.20. The molecule has 1 aliphatic heterocycles. The molecule has 1 fully saturated rings. The average Bonchev–Trinajstić information content (AvgIpc) is 3.02. The number of nitrogens with one attached hydrogen (secondary N) is 1. The van der Waals surface area contributed by atoms with E-state index in [2.05, 4.69) is 15.5 Å². The molecular formula is C18H17F2N5O2. The number of rotatable bonds is 5. The molecule has 1 aromatic carbocycles. The van der Waals surface area contributed by atoms with Crippen molar-refractivity contribution in [1.82, 2.24) is 15.5 Å².